The predicted molar refractivity (Wildman–Crippen MR) is 67.2 cm³/mol. The number of nitrogens with zero attached hydrogens (tertiary/aromatic N) is 2. The molecule has 1 aliphatic rings. The third-order valence-corrected chi connectivity index (χ3v) is 3.63. The van der Waals surface area contributed by atoms with Crippen molar-refractivity contribution in [2.75, 3.05) is 19.6 Å². The monoisotopic (exact) mass is 212 g/mol. The summed E-state index contributed by atoms with van der Waals surface area (Å²) >= 11 is 0. The largest absolute Gasteiger partial charge is 0.298 e. The lowest BCUT2D eigenvalue weighted by Crippen LogP contribution is -2.58. The zero-order valence-corrected chi connectivity index (χ0v) is 11.2. The van der Waals surface area contributed by atoms with Crippen LogP contribution in [0.5, 0.6) is 0 Å². The van der Waals surface area contributed by atoms with Crippen LogP contribution < -0.4 is 0 Å². The van der Waals surface area contributed by atoms with E-state index in [1.54, 1.807) is 0 Å². The summed E-state index contributed by atoms with van der Waals surface area (Å²) in [7, 11) is 0. The molecule has 2 heteroatoms. The summed E-state index contributed by atoms with van der Waals surface area (Å²) in [4.78, 5) is 5.29. The second-order valence-corrected chi connectivity index (χ2v) is 5.34. The average molecular weight is 212 g/mol. The number of piperazine rings is 1. The van der Waals surface area contributed by atoms with Crippen LogP contribution in [-0.4, -0.2) is 47.6 Å². The van der Waals surface area contributed by atoms with Crippen LogP contribution in [0.3, 0.4) is 0 Å². The highest BCUT2D eigenvalue weighted by Gasteiger charge is 2.29. The molecule has 0 bridgehead atoms. The fourth-order valence-electron chi connectivity index (χ4n) is 2.62. The molecule has 0 aliphatic carbocycles. The minimum Gasteiger partial charge on any atom is -0.298 e. The standard InChI is InChI=1S/C13H28N2/c1-6-7-8-14-9-13(5)15(11(2)3)10-12(14)4/h11-13H,6-10H2,1-5H3/t12-,13+/m0/s1. The normalized spacial score (nSPS) is 30.0. The zero-order valence-electron chi connectivity index (χ0n) is 11.2. The maximum atomic E-state index is 2.66. The van der Waals surface area contributed by atoms with Gasteiger partial charge in [0.05, 0.1) is 0 Å². The maximum absolute atomic E-state index is 2.66. The van der Waals surface area contributed by atoms with Gasteiger partial charge in [-0.2, -0.15) is 0 Å². The summed E-state index contributed by atoms with van der Waals surface area (Å²) in [5.41, 5.74) is 0. The highest BCUT2D eigenvalue weighted by Crippen LogP contribution is 2.17. The van der Waals surface area contributed by atoms with Crippen molar-refractivity contribution >= 4 is 0 Å². The lowest BCUT2D eigenvalue weighted by Gasteiger charge is -2.46. The zero-order chi connectivity index (χ0) is 11.4. The van der Waals surface area contributed by atoms with Crippen molar-refractivity contribution < 1.29 is 0 Å². The molecule has 90 valence electrons. The molecular formula is C13H28N2. The van der Waals surface area contributed by atoms with Gasteiger partial charge < -0.3 is 0 Å². The lowest BCUT2D eigenvalue weighted by molar-refractivity contribution is 0.0232. The first-order valence-corrected chi connectivity index (χ1v) is 6.56. The summed E-state index contributed by atoms with van der Waals surface area (Å²) in [6.45, 7) is 15.4. The molecular weight excluding hydrogens is 184 g/mol. The highest BCUT2D eigenvalue weighted by atomic mass is 15.3. The van der Waals surface area contributed by atoms with E-state index in [2.05, 4.69) is 44.4 Å². The number of hydrogen-bond acceptors (Lipinski definition) is 2. The molecule has 0 N–H and O–H groups in total. The summed E-state index contributed by atoms with van der Waals surface area (Å²) < 4.78 is 0. The van der Waals surface area contributed by atoms with Gasteiger partial charge in [-0.1, -0.05) is 13.3 Å². The number of unbranched alkanes of at least 4 members (excludes halogenated alkanes) is 1. The molecule has 1 aliphatic heterocycles. The first-order valence-electron chi connectivity index (χ1n) is 6.56. The molecule has 1 heterocycles. The third kappa shape index (κ3) is 3.46. The van der Waals surface area contributed by atoms with Gasteiger partial charge in [0.2, 0.25) is 0 Å². The van der Waals surface area contributed by atoms with Crippen molar-refractivity contribution in [3.05, 3.63) is 0 Å². The van der Waals surface area contributed by atoms with Crippen LogP contribution in [0, 0.1) is 0 Å². The summed E-state index contributed by atoms with van der Waals surface area (Å²) in [5, 5.41) is 0. The molecule has 1 rings (SSSR count). The smallest absolute Gasteiger partial charge is 0.0198 e. The maximum Gasteiger partial charge on any atom is 0.0198 e. The van der Waals surface area contributed by atoms with E-state index in [-0.39, 0.29) is 0 Å². The SMILES string of the molecule is CCCCN1C[C@@H](C)N(C(C)C)C[C@@H]1C. The van der Waals surface area contributed by atoms with Crippen LogP contribution in [0.1, 0.15) is 47.5 Å². The van der Waals surface area contributed by atoms with E-state index in [9.17, 15) is 0 Å². The topological polar surface area (TPSA) is 6.48 Å². The molecule has 0 aromatic rings. The van der Waals surface area contributed by atoms with Crippen LogP contribution in [0.4, 0.5) is 0 Å². The Labute approximate surface area is 95.6 Å². The number of hydrogen-bond donors (Lipinski definition) is 0. The van der Waals surface area contributed by atoms with E-state index in [0.29, 0.717) is 6.04 Å². The Hall–Kier alpha value is -0.0800. The highest BCUT2D eigenvalue weighted by molar-refractivity contribution is 4.85. The Balaban J connectivity index is 2.47. The van der Waals surface area contributed by atoms with Crippen LogP contribution in [0.2, 0.25) is 0 Å². The molecule has 1 saturated heterocycles. The van der Waals surface area contributed by atoms with E-state index in [4.69, 9.17) is 0 Å². The average Bonchev–Trinajstić information content (AvgIpc) is 2.18. The van der Waals surface area contributed by atoms with Gasteiger partial charge >= 0.3 is 0 Å². The first-order chi connectivity index (χ1) is 7.06. The minimum absolute atomic E-state index is 0.691. The first kappa shape index (κ1) is 13.0. The second-order valence-electron chi connectivity index (χ2n) is 5.34. The molecule has 0 aromatic heterocycles. The molecule has 0 amide bonds. The van der Waals surface area contributed by atoms with Crippen LogP contribution in [-0.2, 0) is 0 Å². The van der Waals surface area contributed by atoms with Crippen molar-refractivity contribution in [3.8, 4) is 0 Å². The molecule has 0 radical (unpaired) electrons. The van der Waals surface area contributed by atoms with E-state index in [0.717, 1.165) is 12.1 Å². The van der Waals surface area contributed by atoms with Gasteiger partial charge in [-0.25, -0.2) is 0 Å². The van der Waals surface area contributed by atoms with Gasteiger partial charge in [-0.05, 0) is 40.7 Å². The van der Waals surface area contributed by atoms with Crippen LogP contribution >= 0.6 is 0 Å². The van der Waals surface area contributed by atoms with Crippen molar-refractivity contribution in [1.29, 1.82) is 0 Å². The molecule has 2 nitrogen and oxygen atoms in total. The summed E-state index contributed by atoms with van der Waals surface area (Å²) in [6, 6.07) is 2.14. The Kier molecular flexibility index (Phi) is 5.07. The predicted octanol–water partition coefficient (Wildman–Crippen LogP) is 2.59. The molecule has 0 unspecified atom stereocenters. The van der Waals surface area contributed by atoms with Crippen molar-refractivity contribution in [3.63, 3.8) is 0 Å². The molecule has 0 saturated carbocycles. The van der Waals surface area contributed by atoms with Gasteiger partial charge in [0.25, 0.3) is 0 Å². The van der Waals surface area contributed by atoms with Gasteiger partial charge in [0.15, 0.2) is 0 Å². The second kappa shape index (κ2) is 5.86. The van der Waals surface area contributed by atoms with Crippen molar-refractivity contribution in [1.82, 2.24) is 9.80 Å². The van der Waals surface area contributed by atoms with E-state index < -0.39 is 0 Å². The van der Waals surface area contributed by atoms with Crippen molar-refractivity contribution in [2.24, 2.45) is 0 Å². The third-order valence-electron chi connectivity index (χ3n) is 3.63. The van der Waals surface area contributed by atoms with Gasteiger partial charge in [0, 0.05) is 31.2 Å². The molecule has 15 heavy (non-hydrogen) atoms. The molecule has 0 aromatic carbocycles. The van der Waals surface area contributed by atoms with Gasteiger partial charge in [-0.15, -0.1) is 0 Å². The summed E-state index contributed by atoms with van der Waals surface area (Å²) in [6.07, 6.45) is 2.66. The fraction of sp³-hybridized carbons (Fsp3) is 1.00. The Morgan fingerprint density at radius 2 is 1.80 bits per heavy atom. The lowest BCUT2D eigenvalue weighted by atomic mass is 10.1. The van der Waals surface area contributed by atoms with E-state index in [1.807, 2.05) is 0 Å². The van der Waals surface area contributed by atoms with Crippen LogP contribution in [0.25, 0.3) is 0 Å². The van der Waals surface area contributed by atoms with Crippen LogP contribution in [0.15, 0.2) is 0 Å². The van der Waals surface area contributed by atoms with E-state index in [1.165, 1.54) is 32.5 Å². The molecule has 0 spiro atoms. The van der Waals surface area contributed by atoms with Gasteiger partial charge in [-0.3, -0.25) is 9.80 Å². The Morgan fingerprint density at radius 3 is 2.33 bits per heavy atom. The fourth-order valence-corrected chi connectivity index (χ4v) is 2.62. The Bertz CT molecular complexity index is 179. The van der Waals surface area contributed by atoms with Gasteiger partial charge in [0.1, 0.15) is 0 Å². The number of rotatable bonds is 4. The summed E-state index contributed by atoms with van der Waals surface area (Å²) in [5.74, 6) is 0. The Morgan fingerprint density at radius 1 is 1.13 bits per heavy atom. The minimum atomic E-state index is 0.691. The van der Waals surface area contributed by atoms with Crippen molar-refractivity contribution in [2.45, 2.75) is 65.6 Å². The quantitative estimate of drug-likeness (QED) is 0.707. The molecule has 1 fully saturated rings. The van der Waals surface area contributed by atoms with E-state index >= 15 is 0 Å². The molecule has 2 atom stereocenters.